The van der Waals surface area contributed by atoms with Gasteiger partial charge in [0.05, 0.1) is 11.4 Å². The van der Waals surface area contributed by atoms with Crippen molar-refractivity contribution in [1.82, 2.24) is 24.6 Å². The number of aryl methyl sites for hydroxylation is 1. The van der Waals surface area contributed by atoms with Crippen molar-refractivity contribution >= 4 is 5.65 Å². The topological polar surface area (TPSA) is 45.5 Å². The molecule has 3 aromatic heterocycles. The predicted molar refractivity (Wildman–Crippen MR) is 95.9 cm³/mol. The van der Waals surface area contributed by atoms with Gasteiger partial charge in [0, 0.05) is 32.0 Å². The largest absolute Gasteiger partial charge is 0.315 e. The van der Waals surface area contributed by atoms with E-state index in [0.717, 1.165) is 49.8 Å². The van der Waals surface area contributed by atoms with Gasteiger partial charge in [0.15, 0.2) is 0 Å². The fourth-order valence-corrected chi connectivity index (χ4v) is 3.33. The van der Waals surface area contributed by atoms with Crippen LogP contribution in [-0.2, 0) is 6.54 Å². The summed E-state index contributed by atoms with van der Waals surface area (Å²) in [5.41, 5.74) is 5.41. The van der Waals surface area contributed by atoms with Gasteiger partial charge in [0.25, 0.3) is 0 Å². The van der Waals surface area contributed by atoms with E-state index in [0.29, 0.717) is 0 Å². The second-order valence-corrected chi connectivity index (χ2v) is 6.44. The van der Waals surface area contributed by atoms with Gasteiger partial charge < -0.3 is 9.72 Å². The molecule has 1 N–H and O–H groups in total. The molecule has 0 aliphatic carbocycles. The molecule has 0 spiro atoms. The maximum Gasteiger partial charge on any atom is 0.137 e. The maximum absolute atomic E-state index is 4.87. The smallest absolute Gasteiger partial charge is 0.137 e. The van der Waals surface area contributed by atoms with Crippen LogP contribution in [0.5, 0.6) is 0 Å². The lowest BCUT2D eigenvalue weighted by atomic mass is 10.2. The van der Waals surface area contributed by atoms with Crippen molar-refractivity contribution in [1.29, 1.82) is 0 Å². The van der Waals surface area contributed by atoms with Crippen molar-refractivity contribution in [3.8, 4) is 11.4 Å². The van der Waals surface area contributed by atoms with E-state index in [4.69, 9.17) is 4.98 Å². The summed E-state index contributed by atoms with van der Waals surface area (Å²) >= 11 is 0. The molecule has 0 aromatic carbocycles. The lowest BCUT2D eigenvalue weighted by Crippen LogP contribution is -2.28. The lowest BCUT2D eigenvalue weighted by molar-refractivity contribution is 0.280. The fourth-order valence-electron chi connectivity index (χ4n) is 3.33. The number of pyridine rings is 2. The second-order valence-electron chi connectivity index (χ2n) is 6.44. The molecular weight excluding hydrogens is 298 g/mol. The standard InChI is InChI=1S/C19H23N5/c1-15-6-7-18-22-19(16-5-2-3-9-21-16)17(24(18)13-15)14-23-11-4-8-20-10-12-23/h2-3,5-7,9,13,20H,4,8,10-12,14H2,1H3. The van der Waals surface area contributed by atoms with Crippen molar-refractivity contribution < 1.29 is 0 Å². The Morgan fingerprint density at radius 3 is 2.96 bits per heavy atom. The van der Waals surface area contributed by atoms with Crippen LogP contribution in [0, 0.1) is 6.92 Å². The molecule has 1 saturated heterocycles. The van der Waals surface area contributed by atoms with Gasteiger partial charge in [-0.2, -0.15) is 0 Å². The van der Waals surface area contributed by atoms with Gasteiger partial charge in [-0.3, -0.25) is 9.88 Å². The minimum Gasteiger partial charge on any atom is -0.315 e. The van der Waals surface area contributed by atoms with Crippen LogP contribution in [0.15, 0.2) is 42.7 Å². The third-order valence-corrected chi connectivity index (χ3v) is 4.58. The van der Waals surface area contributed by atoms with E-state index in [1.54, 1.807) is 0 Å². The molecule has 1 aliphatic heterocycles. The van der Waals surface area contributed by atoms with Crippen LogP contribution >= 0.6 is 0 Å². The van der Waals surface area contributed by atoms with Gasteiger partial charge >= 0.3 is 0 Å². The summed E-state index contributed by atoms with van der Waals surface area (Å²) < 4.78 is 2.23. The van der Waals surface area contributed by atoms with Crippen LogP contribution in [-0.4, -0.2) is 45.4 Å². The molecule has 0 amide bonds. The number of imidazole rings is 1. The summed E-state index contributed by atoms with van der Waals surface area (Å²) in [6, 6.07) is 10.2. The molecule has 4 heterocycles. The first-order valence-electron chi connectivity index (χ1n) is 8.63. The van der Waals surface area contributed by atoms with Crippen molar-refractivity contribution in [2.45, 2.75) is 19.9 Å². The third kappa shape index (κ3) is 3.05. The summed E-state index contributed by atoms with van der Waals surface area (Å²) in [4.78, 5) is 11.9. The number of nitrogens with zero attached hydrogens (tertiary/aromatic N) is 4. The summed E-state index contributed by atoms with van der Waals surface area (Å²) in [5, 5.41) is 3.47. The molecule has 5 heteroatoms. The van der Waals surface area contributed by atoms with Crippen LogP contribution in [0.2, 0.25) is 0 Å². The fraction of sp³-hybridized carbons (Fsp3) is 0.368. The Morgan fingerprint density at radius 2 is 2.08 bits per heavy atom. The van der Waals surface area contributed by atoms with Crippen molar-refractivity contribution in [2.24, 2.45) is 0 Å². The SMILES string of the molecule is Cc1ccc2nc(-c3ccccn3)c(CN3CCCNCC3)n2c1. The van der Waals surface area contributed by atoms with Crippen molar-refractivity contribution in [3.05, 3.63) is 54.0 Å². The van der Waals surface area contributed by atoms with Crippen LogP contribution in [0.25, 0.3) is 17.0 Å². The number of hydrogen-bond acceptors (Lipinski definition) is 4. The first-order valence-corrected chi connectivity index (χ1v) is 8.63. The molecule has 124 valence electrons. The minimum absolute atomic E-state index is 0.901. The highest BCUT2D eigenvalue weighted by Gasteiger charge is 2.18. The molecule has 0 unspecified atom stereocenters. The molecule has 0 bridgehead atoms. The Morgan fingerprint density at radius 1 is 1.12 bits per heavy atom. The molecule has 0 atom stereocenters. The molecule has 5 nitrogen and oxygen atoms in total. The highest BCUT2D eigenvalue weighted by molar-refractivity contribution is 5.63. The van der Waals surface area contributed by atoms with E-state index in [9.17, 15) is 0 Å². The normalized spacial score (nSPS) is 16.4. The average molecular weight is 321 g/mol. The van der Waals surface area contributed by atoms with Crippen molar-refractivity contribution in [3.63, 3.8) is 0 Å². The summed E-state index contributed by atoms with van der Waals surface area (Å²) in [7, 11) is 0. The van der Waals surface area contributed by atoms with Crippen LogP contribution in [0.4, 0.5) is 0 Å². The average Bonchev–Trinajstić information content (AvgIpc) is 2.78. The first kappa shape index (κ1) is 15.3. The minimum atomic E-state index is 0.901. The van der Waals surface area contributed by atoms with E-state index >= 15 is 0 Å². The molecule has 24 heavy (non-hydrogen) atoms. The number of fused-ring (bicyclic) bond motifs is 1. The second kappa shape index (κ2) is 6.71. The third-order valence-electron chi connectivity index (χ3n) is 4.58. The Bertz CT molecular complexity index is 816. The number of nitrogens with one attached hydrogen (secondary N) is 1. The predicted octanol–water partition coefficient (Wildman–Crippen LogP) is 2.50. The molecular formula is C19H23N5. The molecule has 0 radical (unpaired) electrons. The molecule has 1 fully saturated rings. The molecule has 4 rings (SSSR count). The molecule has 3 aromatic rings. The van der Waals surface area contributed by atoms with Gasteiger partial charge in [-0.05, 0) is 50.2 Å². The zero-order valence-corrected chi connectivity index (χ0v) is 14.1. The first-order chi connectivity index (χ1) is 11.8. The van der Waals surface area contributed by atoms with E-state index in [2.05, 4.69) is 44.9 Å². The molecule has 0 saturated carbocycles. The summed E-state index contributed by atoms with van der Waals surface area (Å²) in [6.45, 7) is 7.37. The Labute approximate surface area is 142 Å². The van der Waals surface area contributed by atoms with Crippen LogP contribution < -0.4 is 5.32 Å². The van der Waals surface area contributed by atoms with Crippen molar-refractivity contribution in [2.75, 3.05) is 26.2 Å². The Hall–Kier alpha value is -2.24. The number of hydrogen-bond donors (Lipinski definition) is 1. The summed E-state index contributed by atoms with van der Waals surface area (Å²) in [5.74, 6) is 0. The van der Waals surface area contributed by atoms with E-state index in [1.165, 1.54) is 17.7 Å². The number of rotatable bonds is 3. The van der Waals surface area contributed by atoms with Gasteiger partial charge in [-0.15, -0.1) is 0 Å². The van der Waals surface area contributed by atoms with E-state index in [1.807, 2.05) is 24.4 Å². The highest BCUT2D eigenvalue weighted by Crippen LogP contribution is 2.24. The Balaban J connectivity index is 1.79. The van der Waals surface area contributed by atoms with Crippen LogP contribution in [0.3, 0.4) is 0 Å². The monoisotopic (exact) mass is 321 g/mol. The van der Waals surface area contributed by atoms with Crippen LogP contribution in [0.1, 0.15) is 17.7 Å². The van der Waals surface area contributed by atoms with E-state index in [-0.39, 0.29) is 0 Å². The zero-order valence-electron chi connectivity index (χ0n) is 14.1. The Kier molecular flexibility index (Phi) is 4.28. The number of aromatic nitrogens is 3. The zero-order chi connectivity index (χ0) is 16.4. The van der Waals surface area contributed by atoms with Gasteiger partial charge in [0.2, 0.25) is 0 Å². The van der Waals surface area contributed by atoms with Gasteiger partial charge in [0.1, 0.15) is 11.3 Å². The lowest BCUT2D eigenvalue weighted by Gasteiger charge is -2.20. The maximum atomic E-state index is 4.87. The van der Waals surface area contributed by atoms with E-state index < -0.39 is 0 Å². The van der Waals surface area contributed by atoms with Gasteiger partial charge in [-0.1, -0.05) is 12.1 Å². The summed E-state index contributed by atoms with van der Waals surface area (Å²) in [6.07, 6.45) is 5.21. The van der Waals surface area contributed by atoms with Gasteiger partial charge in [-0.25, -0.2) is 4.98 Å². The quantitative estimate of drug-likeness (QED) is 0.805. The highest BCUT2D eigenvalue weighted by atomic mass is 15.2. The molecule has 1 aliphatic rings.